The van der Waals surface area contributed by atoms with Crippen LogP contribution in [0.5, 0.6) is 0 Å². The Morgan fingerprint density at radius 3 is 2.40 bits per heavy atom. The summed E-state index contributed by atoms with van der Waals surface area (Å²) in [5, 5.41) is 32.9. The molecule has 2 aromatic rings. The zero-order valence-corrected chi connectivity index (χ0v) is 29.5. The molecule has 0 bridgehead atoms. The first-order chi connectivity index (χ1) is 24.2. The van der Waals surface area contributed by atoms with Crippen molar-refractivity contribution in [2.45, 2.75) is 112 Å². The molecule has 14 heteroatoms. The van der Waals surface area contributed by atoms with Crippen LogP contribution in [0.1, 0.15) is 93.6 Å². The number of fused-ring (bicyclic) bond motifs is 2. The van der Waals surface area contributed by atoms with Gasteiger partial charge in [-0.25, -0.2) is 14.6 Å². The Balaban J connectivity index is 1.18. The highest BCUT2D eigenvalue weighted by atomic mass is 32.1. The molecule has 3 fully saturated rings. The lowest BCUT2D eigenvalue weighted by Crippen LogP contribution is -2.57. The summed E-state index contributed by atoms with van der Waals surface area (Å²) < 4.78 is 0. The molecule has 266 valence electrons. The van der Waals surface area contributed by atoms with Crippen molar-refractivity contribution < 1.29 is 29.1 Å². The molecule has 5 aliphatic rings. The molecular formula is C36H44N6O6S2. The van der Waals surface area contributed by atoms with E-state index in [0.29, 0.717) is 12.8 Å². The molecule has 0 aromatic carbocycles. The fraction of sp³-hybridized carbons (Fsp3) is 0.556. The van der Waals surface area contributed by atoms with Crippen LogP contribution < -0.4 is 16.0 Å². The van der Waals surface area contributed by atoms with Crippen LogP contribution in [0.25, 0.3) is 0 Å². The predicted molar refractivity (Wildman–Crippen MR) is 190 cm³/mol. The van der Waals surface area contributed by atoms with Crippen molar-refractivity contribution >= 4 is 58.6 Å². The van der Waals surface area contributed by atoms with Gasteiger partial charge in [0.05, 0.1) is 12.0 Å². The third-order valence-electron chi connectivity index (χ3n) is 11.0. The van der Waals surface area contributed by atoms with Crippen LogP contribution >= 0.6 is 22.7 Å². The van der Waals surface area contributed by atoms with Gasteiger partial charge in [0.25, 0.3) is 5.91 Å². The zero-order valence-electron chi connectivity index (χ0n) is 27.9. The van der Waals surface area contributed by atoms with E-state index in [1.807, 2.05) is 45.8 Å². The highest BCUT2D eigenvalue weighted by molar-refractivity contribution is 7.08. The number of amides is 5. The van der Waals surface area contributed by atoms with Gasteiger partial charge in [0, 0.05) is 37.1 Å². The molecule has 1 saturated heterocycles. The van der Waals surface area contributed by atoms with Crippen molar-refractivity contribution in [3.05, 3.63) is 56.9 Å². The molecule has 2 unspecified atom stereocenters. The van der Waals surface area contributed by atoms with E-state index in [1.165, 1.54) is 21.2 Å². The summed E-state index contributed by atoms with van der Waals surface area (Å²) in [5.74, 6) is -3.48. The van der Waals surface area contributed by atoms with Crippen LogP contribution in [-0.2, 0) is 19.2 Å². The maximum absolute atomic E-state index is 14.5. The van der Waals surface area contributed by atoms with Gasteiger partial charge in [0.15, 0.2) is 0 Å². The molecule has 2 saturated carbocycles. The molecule has 7 rings (SSSR count). The number of aliphatic carboxylic acids is 1. The molecule has 4 N–H and O–H groups in total. The summed E-state index contributed by atoms with van der Waals surface area (Å²) in [6, 6.07) is 1.00. The van der Waals surface area contributed by atoms with E-state index in [9.17, 15) is 29.1 Å². The molecule has 0 radical (unpaired) electrons. The molecule has 7 atom stereocenters. The number of thiophene rings is 2. The van der Waals surface area contributed by atoms with Gasteiger partial charge in [-0.3, -0.25) is 14.4 Å². The van der Waals surface area contributed by atoms with E-state index in [2.05, 4.69) is 21.1 Å². The Morgan fingerprint density at radius 2 is 1.68 bits per heavy atom. The minimum Gasteiger partial charge on any atom is -0.479 e. The molecule has 12 nitrogen and oxygen atoms in total. The van der Waals surface area contributed by atoms with Crippen molar-refractivity contribution in [2.24, 2.45) is 11.0 Å². The molecule has 3 aliphatic heterocycles. The number of hydrazone groups is 1. The predicted octanol–water partition coefficient (Wildman–Crippen LogP) is 4.56. The number of rotatable bonds is 6. The van der Waals surface area contributed by atoms with Crippen molar-refractivity contribution in [3.8, 4) is 0 Å². The topological polar surface area (TPSA) is 161 Å². The molecule has 2 aliphatic carbocycles. The lowest BCUT2D eigenvalue weighted by atomic mass is 9.82. The summed E-state index contributed by atoms with van der Waals surface area (Å²) in [4.78, 5) is 70.1. The third-order valence-corrected chi connectivity index (χ3v) is 12.4. The number of carboxylic acids is 1. The second-order valence-corrected chi connectivity index (χ2v) is 15.8. The van der Waals surface area contributed by atoms with E-state index in [-0.39, 0.29) is 43.2 Å². The molecule has 50 heavy (non-hydrogen) atoms. The van der Waals surface area contributed by atoms with E-state index >= 15 is 0 Å². The maximum Gasteiger partial charge on any atom is 0.330 e. The third kappa shape index (κ3) is 6.96. The highest BCUT2D eigenvalue weighted by Crippen LogP contribution is 2.46. The van der Waals surface area contributed by atoms with Crippen molar-refractivity contribution in [1.29, 1.82) is 0 Å². The number of nitrogens with one attached hydrogen (secondary N) is 3. The molecule has 5 heterocycles. The Hall–Kier alpha value is -4.04. The Kier molecular flexibility index (Phi) is 10.1. The van der Waals surface area contributed by atoms with Gasteiger partial charge in [0.1, 0.15) is 17.6 Å². The fourth-order valence-electron chi connectivity index (χ4n) is 8.11. The van der Waals surface area contributed by atoms with E-state index in [4.69, 9.17) is 0 Å². The summed E-state index contributed by atoms with van der Waals surface area (Å²) in [6.07, 6.45) is 13.4. The smallest absolute Gasteiger partial charge is 0.330 e. The van der Waals surface area contributed by atoms with Gasteiger partial charge in [0.2, 0.25) is 11.8 Å². The van der Waals surface area contributed by atoms with Crippen LogP contribution in [-0.4, -0.2) is 87.2 Å². The average molecular weight is 721 g/mol. The molecule has 0 spiro atoms. The number of urea groups is 1. The van der Waals surface area contributed by atoms with Crippen LogP contribution in [0.15, 0.2) is 50.9 Å². The summed E-state index contributed by atoms with van der Waals surface area (Å²) in [7, 11) is 0. The second kappa shape index (κ2) is 14.7. The normalized spacial score (nSPS) is 32.1. The number of nitrogens with zero attached hydrogens (tertiary/aromatic N) is 3. The van der Waals surface area contributed by atoms with Gasteiger partial charge in [-0.15, -0.1) is 0 Å². The van der Waals surface area contributed by atoms with E-state index in [1.54, 1.807) is 17.6 Å². The minimum atomic E-state index is -1.45. The summed E-state index contributed by atoms with van der Waals surface area (Å²) >= 11 is 3.06. The number of carbonyl (C=O) groups is 5. The van der Waals surface area contributed by atoms with Crippen LogP contribution in [0.2, 0.25) is 0 Å². The minimum absolute atomic E-state index is 0.0191. The molecule has 2 aromatic heterocycles. The van der Waals surface area contributed by atoms with Gasteiger partial charge in [-0.05, 0) is 83.3 Å². The van der Waals surface area contributed by atoms with E-state index in [0.717, 1.165) is 56.1 Å². The SMILES string of the molecule is O=C(NC1CCCC1)N[C@@H]1CCCCCC=C[C@@H]2C[C@]2(C(=O)O)NC(=O)C2C[C@H](N3N=C[C@H](c4ccsc4)C(c4ccsc4)C3=O)CN2C1=O. The highest BCUT2D eigenvalue weighted by Gasteiger charge is 2.61. The monoisotopic (exact) mass is 720 g/mol. The van der Waals surface area contributed by atoms with Crippen molar-refractivity contribution in [2.75, 3.05) is 6.54 Å². The zero-order chi connectivity index (χ0) is 34.8. The largest absolute Gasteiger partial charge is 0.479 e. The number of carbonyl (C=O) groups excluding carboxylic acids is 4. The van der Waals surface area contributed by atoms with E-state index < -0.39 is 53.4 Å². The van der Waals surface area contributed by atoms with Gasteiger partial charge in [-0.1, -0.05) is 37.8 Å². The standard InChI is InChI=1S/C36H44N6O6S2/c43-31-29-16-26(42-33(45)30(23-13-15-50-21-23)27(18-37-42)22-12-14-49-20-22)19-41(29)32(44)28(39-35(48)38-25-9-6-7-10-25)11-5-3-1-2-4-8-24-17-36(24,40-31)34(46)47/h4,8,12-15,18,20-21,24-30H,1-3,5-7,9-11,16-17,19H2,(H,40,43)(H,46,47)(H2,38,39,48)/t24-,26+,27-,28-,29?,30?,36+/m1/s1. The van der Waals surface area contributed by atoms with Crippen LogP contribution in [0.4, 0.5) is 4.79 Å². The first kappa shape index (κ1) is 34.4. The maximum atomic E-state index is 14.5. The first-order valence-corrected chi connectivity index (χ1v) is 19.6. The quantitative estimate of drug-likeness (QED) is 0.320. The number of allylic oxidation sites excluding steroid dienone is 1. The fourth-order valence-corrected chi connectivity index (χ4v) is 9.52. The Morgan fingerprint density at radius 1 is 0.940 bits per heavy atom. The van der Waals surface area contributed by atoms with Gasteiger partial charge >= 0.3 is 12.0 Å². The average Bonchev–Trinajstić information content (AvgIpc) is 3.77. The molecular weight excluding hydrogens is 677 g/mol. The summed E-state index contributed by atoms with van der Waals surface area (Å²) in [6.45, 7) is 0.0191. The van der Waals surface area contributed by atoms with Crippen molar-refractivity contribution in [3.63, 3.8) is 0 Å². The Bertz CT molecular complexity index is 1640. The number of carboxylic acid groups (broad SMARTS) is 1. The summed E-state index contributed by atoms with van der Waals surface area (Å²) in [5.41, 5.74) is 0.423. The van der Waals surface area contributed by atoms with Crippen LogP contribution in [0, 0.1) is 5.92 Å². The van der Waals surface area contributed by atoms with Gasteiger partial charge < -0.3 is 26.0 Å². The first-order valence-electron chi connectivity index (χ1n) is 17.8. The lowest BCUT2D eigenvalue weighted by Gasteiger charge is -2.35. The number of hydrogen-bond acceptors (Lipinski definition) is 8. The number of hydrogen-bond donors (Lipinski definition) is 4. The second-order valence-electron chi connectivity index (χ2n) is 14.3. The van der Waals surface area contributed by atoms with Crippen LogP contribution in [0.3, 0.4) is 0 Å². The van der Waals surface area contributed by atoms with Gasteiger partial charge in [-0.2, -0.15) is 27.8 Å². The molecule has 5 amide bonds. The Labute approximate surface area is 299 Å². The van der Waals surface area contributed by atoms with Crippen molar-refractivity contribution in [1.82, 2.24) is 25.9 Å². The lowest BCUT2D eigenvalue weighted by molar-refractivity contribution is -0.145.